The van der Waals surface area contributed by atoms with E-state index in [0.29, 0.717) is 11.9 Å². The lowest BCUT2D eigenvalue weighted by molar-refractivity contribution is -0.0229. The normalized spacial score (nSPS) is 30.2. The minimum atomic E-state index is -0.886. The molecular formula is C11H14FN5O2S. The number of aliphatic hydroxyl groups excluding tert-OH is 1. The van der Waals surface area contributed by atoms with Gasteiger partial charge in [-0.15, -0.1) is 0 Å². The maximum absolute atomic E-state index is 14.1. The fourth-order valence-electron chi connectivity index (χ4n) is 2.44. The molecule has 0 radical (unpaired) electrons. The maximum Gasteiger partial charge on any atom is 0.295 e. The van der Waals surface area contributed by atoms with Crippen LogP contribution in [0.1, 0.15) is 19.6 Å². The Morgan fingerprint density at radius 2 is 2.40 bits per heavy atom. The molecule has 0 aliphatic carbocycles. The standard InChI is InChI=1S/C11H14FN5O2S/c1-2-4-6(18)7(20)10(19-4)17-9-5(14-3-15-9)8(13)16-11(17)12/h3-4,6-7,10,13,18,20H,2H2,1H3,(H,14,15)/t4-,6-,7-,10-/m1/s1. The number of aromatic amines is 1. The summed E-state index contributed by atoms with van der Waals surface area (Å²) >= 11 is 4.31. The third kappa shape index (κ3) is 1.85. The molecule has 1 aliphatic heterocycles. The van der Waals surface area contributed by atoms with Crippen LogP contribution in [0, 0.1) is 11.5 Å². The van der Waals surface area contributed by atoms with Crippen molar-refractivity contribution in [3.8, 4) is 0 Å². The minimum absolute atomic E-state index is 0.218. The second-order valence-corrected chi connectivity index (χ2v) is 5.25. The Kier molecular flexibility index (Phi) is 3.27. The molecule has 0 saturated carbocycles. The van der Waals surface area contributed by atoms with E-state index in [1.54, 1.807) is 0 Å². The van der Waals surface area contributed by atoms with Crippen LogP contribution in [0.3, 0.4) is 0 Å². The fourth-order valence-corrected chi connectivity index (χ4v) is 2.83. The van der Waals surface area contributed by atoms with Crippen LogP contribution >= 0.6 is 12.6 Å². The van der Waals surface area contributed by atoms with Crippen molar-refractivity contribution < 1.29 is 14.2 Å². The van der Waals surface area contributed by atoms with Gasteiger partial charge in [-0.3, -0.25) is 9.98 Å². The van der Waals surface area contributed by atoms with Crippen molar-refractivity contribution in [1.82, 2.24) is 19.5 Å². The van der Waals surface area contributed by atoms with Crippen molar-refractivity contribution >= 4 is 23.8 Å². The summed E-state index contributed by atoms with van der Waals surface area (Å²) in [6.07, 6.45) is -0.982. The van der Waals surface area contributed by atoms with Crippen molar-refractivity contribution in [3.05, 3.63) is 17.9 Å². The van der Waals surface area contributed by atoms with Gasteiger partial charge in [0.25, 0.3) is 6.08 Å². The van der Waals surface area contributed by atoms with Crippen LogP contribution in [-0.4, -0.2) is 42.1 Å². The van der Waals surface area contributed by atoms with E-state index in [4.69, 9.17) is 10.1 Å². The Bertz CT molecular complexity index is 702. The Balaban J connectivity index is 2.16. The van der Waals surface area contributed by atoms with E-state index in [0.717, 1.165) is 4.57 Å². The van der Waals surface area contributed by atoms with E-state index in [1.165, 1.54) is 6.33 Å². The molecule has 3 rings (SSSR count). The van der Waals surface area contributed by atoms with Gasteiger partial charge in [0.05, 0.1) is 23.8 Å². The van der Waals surface area contributed by atoms with E-state index in [9.17, 15) is 9.50 Å². The second kappa shape index (κ2) is 4.83. The number of thiol groups is 1. The summed E-state index contributed by atoms with van der Waals surface area (Å²) in [7, 11) is 0. The highest BCUT2D eigenvalue weighted by atomic mass is 32.1. The lowest BCUT2D eigenvalue weighted by atomic mass is 10.1. The van der Waals surface area contributed by atoms with E-state index in [2.05, 4.69) is 27.6 Å². The molecule has 0 amide bonds. The summed E-state index contributed by atoms with van der Waals surface area (Å²) < 4.78 is 20.9. The molecule has 1 aliphatic rings. The minimum Gasteiger partial charge on any atom is -0.389 e. The van der Waals surface area contributed by atoms with Crippen molar-refractivity contribution in [2.75, 3.05) is 0 Å². The molecule has 4 atom stereocenters. The van der Waals surface area contributed by atoms with Gasteiger partial charge in [0.2, 0.25) is 0 Å². The van der Waals surface area contributed by atoms with Crippen LogP contribution in [0.5, 0.6) is 0 Å². The van der Waals surface area contributed by atoms with Crippen molar-refractivity contribution in [3.63, 3.8) is 0 Å². The quantitative estimate of drug-likeness (QED) is 0.475. The highest BCUT2D eigenvalue weighted by Gasteiger charge is 2.43. The molecule has 2 aromatic heterocycles. The smallest absolute Gasteiger partial charge is 0.295 e. The first-order valence-electron chi connectivity index (χ1n) is 6.22. The monoisotopic (exact) mass is 299 g/mol. The van der Waals surface area contributed by atoms with Gasteiger partial charge in [-0.2, -0.15) is 22.0 Å². The number of halogens is 1. The average Bonchev–Trinajstić information content (AvgIpc) is 2.99. The fraction of sp³-hybridized carbons (Fsp3) is 0.545. The highest BCUT2D eigenvalue weighted by Crippen LogP contribution is 2.35. The van der Waals surface area contributed by atoms with E-state index in [-0.39, 0.29) is 11.1 Å². The molecule has 2 aromatic rings. The number of rotatable bonds is 2. The SMILES string of the molecule is CC[C@H]1O[C@@H](n2c(F)nc(=N)c3[nH]cnc32)[C@H](S)[C@@H]1O. The Hall–Kier alpha value is -1.45. The molecule has 3 heterocycles. The number of nitrogens with zero attached hydrogens (tertiary/aromatic N) is 3. The molecule has 0 aromatic carbocycles. The van der Waals surface area contributed by atoms with Gasteiger partial charge in [-0.1, -0.05) is 6.92 Å². The molecule has 0 bridgehead atoms. The zero-order valence-electron chi connectivity index (χ0n) is 10.6. The lowest BCUT2D eigenvalue weighted by Crippen LogP contribution is -2.29. The zero-order chi connectivity index (χ0) is 14.4. The number of aromatic nitrogens is 4. The predicted octanol–water partition coefficient (Wildman–Crippen LogP) is 0.345. The molecular weight excluding hydrogens is 285 g/mol. The van der Waals surface area contributed by atoms with Crippen LogP contribution in [0.4, 0.5) is 4.39 Å². The van der Waals surface area contributed by atoms with E-state index < -0.39 is 29.8 Å². The average molecular weight is 299 g/mol. The predicted molar refractivity (Wildman–Crippen MR) is 70.7 cm³/mol. The number of fused-ring (bicyclic) bond motifs is 1. The first kappa shape index (κ1) is 13.5. The second-order valence-electron chi connectivity index (χ2n) is 4.66. The van der Waals surface area contributed by atoms with Gasteiger partial charge in [0.15, 0.2) is 17.4 Å². The number of imidazole rings is 1. The Morgan fingerprint density at radius 1 is 1.65 bits per heavy atom. The molecule has 1 saturated heterocycles. The first-order chi connectivity index (χ1) is 9.54. The summed E-state index contributed by atoms with van der Waals surface area (Å²) in [5.41, 5.74) is 0.299. The van der Waals surface area contributed by atoms with Crippen LogP contribution in [0.25, 0.3) is 11.2 Å². The number of hydrogen-bond donors (Lipinski definition) is 4. The number of aliphatic hydroxyl groups is 1. The largest absolute Gasteiger partial charge is 0.389 e. The molecule has 20 heavy (non-hydrogen) atoms. The van der Waals surface area contributed by atoms with Gasteiger partial charge < -0.3 is 14.8 Å². The summed E-state index contributed by atoms with van der Waals surface area (Å²) in [4.78, 5) is 10.3. The molecule has 108 valence electrons. The number of hydrogen-bond acceptors (Lipinski definition) is 6. The maximum atomic E-state index is 14.1. The van der Waals surface area contributed by atoms with Crippen LogP contribution in [-0.2, 0) is 4.74 Å². The molecule has 3 N–H and O–H groups in total. The van der Waals surface area contributed by atoms with E-state index >= 15 is 0 Å². The molecule has 7 nitrogen and oxygen atoms in total. The van der Waals surface area contributed by atoms with Crippen LogP contribution < -0.4 is 5.49 Å². The molecule has 0 spiro atoms. The zero-order valence-corrected chi connectivity index (χ0v) is 11.5. The van der Waals surface area contributed by atoms with E-state index in [1.807, 2.05) is 6.92 Å². The number of ether oxygens (including phenoxy) is 1. The molecule has 9 heteroatoms. The molecule has 1 fully saturated rings. The first-order valence-corrected chi connectivity index (χ1v) is 6.73. The van der Waals surface area contributed by atoms with Gasteiger partial charge in [0, 0.05) is 0 Å². The number of H-pyrrole nitrogens is 1. The summed E-state index contributed by atoms with van der Waals surface area (Å²) in [5, 5.41) is 17.0. The van der Waals surface area contributed by atoms with Gasteiger partial charge in [-0.05, 0) is 6.42 Å². The van der Waals surface area contributed by atoms with Crippen LogP contribution in [0.15, 0.2) is 6.33 Å². The van der Waals surface area contributed by atoms with Crippen molar-refractivity contribution in [2.24, 2.45) is 0 Å². The summed E-state index contributed by atoms with van der Waals surface area (Å²) in [5.74, 6) is 0. The highest BCUT2D eigenvalue weighted by molar-refractivity contribution is 7.81. The van der Waals surface area contributed by atoms with Gasteiger partial charge in [0.1, 0.15) is 5.52 Å². The Morgan fingerprint density at radius 3 is 3.05 bits per heavy atom. The van der Waals surface area contributed by atoms with Crippen molar-refractivity contribution in [2.45, 2.75) is 37.0 Å². The lowest BCUT2D eigenvalue weighted by Gasteiger charge is -2.19. The topological polar surface area (TPSA) is 99.8 Å². The van der Waals surface area contributed by atoms with Crippen molar-refractivity contribution in [1.29, 1.82) is 5.41 Å². The molecule has 0 unspecified atom stereocenters. The summed E-state index contributed by atoms with van der Waals surface area (Å²) in [6, 6.07) is 0. The van der Waals surface area contributed by atoms with Gasteiger partial charge in [-0.25, -0.2) is 4.98 Å². The third-order valence-electron chi connectivity index (χ3n) is 3.48. The Labute approximate surface area is 118 Å². The third-order valence-corrected chi connectivity index (χ3v) is 4.04. The summed E-state index contributed by atoms with van der Waals surface area (Å²) in [6.45, 7) is 1.87. The number of nitrogens with one attached hydrogen (secondary N) is 2. The van der Waals surface area contributed by atoms with Gasteiger partial charge >= 0.3 is 0 Å². The van der Waals surface area contributed by atoms with Crippen LogP contribution in [0.2, 0.25) is 0 Å².